The van der Waals surface area contributed by atoms with Gasteiger partial charge in [0.25, 0.3) is 0 Å². The summed E-state index contributed by atoms with van der Waals surface area (Å²) in [6, 6.07) is 0. The zero-order valence-corrected chi connectivity index (χ0v) is 8.23. The Labute approximate surface area is 78.7 Å². The largest absolute Gasteiger partial charge is 0.330 e. The van der Waals surface area contributed by atoms with Gasteiger partial charge in [-0.25, -0.2) is 8.78 Å². The molecule has 3 heteroatoms. The standard InChI is InChI=1S/C10H19F2N/c1-8(4-7-13)9-2-5-10(11,12)6-3-9/h8-9H,2-7,13H2,1H3. The maximum absolute atomic E-state index is 12.8. The van der Waals surface area contributed by atoms with Crippen LogP contribution in [0.15, 0.2) is 0 Å². The van der Waals surface area contributed by atoms with Gasteiger partial charge in [-0.3, -0.25) is 0 Å². The van der Waals surface area contributed by atoms with Gasteiger partial charge in [-0.1, -0.05) is 6.92 Å². The third-order valence-corrected chi connectivity index (χ3v) is 3.19. The molecule has 0 aromatic rings. The number of hydrogen-bond donors (Lipinski definition) is 1. The van der Waals surface area contributed by atoms with Gasteiger partial charge in [0, 0.05) is 12.8 Å². The van der Waals surface area contributed by atoms with Gasteiger partial charge in [0.2, 0.25) is 5.92 Å². The van der Waals surface area contributed by atoms with E-state index in [1.54, 1.807) is 0 Å². The Morgan fingerprint density at radius 1 is 1.38 bits per heavy atom. The first kappa shape index (κ1) is 10.9. The second kappa shape index (κ2) is 4.36. The Hall–Kier alpha value is -0.180. The average molecular weight is 191 g/mol. The molecule has 0 aromatic heterocycles. The van der Waals surface area contributed by atoms with Crippen molar-refractivity contribution >= 4 is 0 Å². The Morgan fingerprint density at radius 2 is 1.92 bits per heavy atom. The zero-order chi connectivity index (χ0) is 9.90. The molecule has 1 nitrogen and oxygen atoms in total. The molecule has 1 unspecified atom stereocenters. The van der Waals surface area contributed by atoms with Crippen molar-refractivity contribution in [2.75, 3.05) is 6.54 Å². The Morgan fingerprint density at radius 3 is 2.38 bits per heavy atom. The van der Waals surface area contributed by atoms with Crippen LogP contribution in [0.25, 0.3) is 0 Å². The second-order valence-electron chi connectivity index (χ2n) is 4.25. The van der Waals surface area contributed by atoms with Crippen molar-refractivity contribution in [2.45, 2.75) is 45.0 Å². The molecule has 0 heterocycles. The smallest absolute Gasteiger partial charge is 0.248 e. The lowest BCUT2D eigenvalue weighted by Gasteiger charge is -2.31. The molecule has 0 amide bonds. The van der Waals surface area contributed by atoms with Crippen molar-refractivity contribution in [3.8, 4) is 0 Å². The fourth-order valence-corrected chi connectivity index (χ4v) is 2.13. The summed E-state index contributed by atoms with van der Waals surface area (Å²) in [4.78, 5) is 0. The molecule has 0 aromatic carbocycles. The highest BCUT2D eigenvalue weighted by molar-refractivity contribution is 4.80. The number of halogens is 2. The molecular weight excluding hydrogens is 172 g/mol. The molecule has 1 fully saturated rings. The molecule has 0 saturated heterocycles. The van der Waals surface area contributed by atoms with Crippen LogP contribution < -0.4 is 5.73 Å². The molecule has 0 radical (unpaired) electrons. The monoisotopic (exact) mass is 191 g/mol. The Balaban J connectivity index is 2.32. The molecule has 1 rings (SSSR count). The van der Waals surface area contributed by atoms with E-state index in [1.807, 2.05) is 0 Å². The van der Waals surface area contributed by atoms with Crippen molar-refractivity contribution in [3.63, 3.8) is 0 Å². The third-order valence-electron chi connectivity index (χ3n) is 3.19. The average Bonchev–Trinajstić information content (AvgIpc) is 2.04. The minimum absolute atomic E-state index is 0.0760. The Kier molecular flexibility index (Phi) is 3.65. The van der Waals surface area contributed by atoms with Gasteiger partial charge >= 0.3 is 0 Å². The van der Waals surface area contributed by atoms with E-state index in [4.69, 9.17) is 5.73 Å². The van der Waals surface area contributed by atoms with Gasteiger partial charge in [0.15, 0.2) is 0 Å². The molecule has 0 bridgehead atoms. The molecule has 1 saturated carbocycles. The van der Waals surface area contributed by atoms with Crippen molar-refractivity contribution in [3.05, 3.63) is 0 Å². The van der Waals surface area contributed by atoms with E-state index in [1.165, 1.54) is 0 Å². The fraction of sp³-hybridized carbons (Fsp3) is 1.00. The fourth-order valence-electron chi connectivity index (χ4n) is 2.13. The summed E-state index contributed by atoms with van der Waals surface area (Å²) in [5.41, 5.74) is 5.44. The topological polar surface area (TPSA) is 26.0 Å². The van der Waals surface area contributed by atoms with Crippen LogP contribution in [0, 0.1) is 11.8 Å². The molecule has 78 valence electrons. The SMILES string of the molecule is CC(CCN)C1CCC(F)(F)CC1. The van der Waals surface area contributed by atoms with Crippen molar-refractivity contribution in [1.82, 2.24) is 0 Å². The maximum atomic E-state index is 12.8. The molecular formula is C10H19F2N. The minimum Gasteiger partial charge on any atom is -0.330 e. The first-order chi connectivity index (χ1) is 6.05. The molecule has 2 N–H and O–H groups in total. The lowest BCUT2D eigenvalue weighted by molar-refractivity contribution is -0.0516. The van der Waals surface area contributed by atoms with E-state index < -0.39 is 5.92 Å². The highest BCUT2D eigenvalue weighted by Gasteiger charge is 2.36. The molecule has 1 aliphatic rings. The highest BCUT2D eigenvalue weighted by atomic mass is 19.3. The summed E-state index contributed by atoms with van der Waals surface area (Å²) >= 11 is 0. The zero-order valence-electron chi connectivity index (χ0n) is 8.23. The molecule has 0 spiro atoms. The quantitative estimate of drug-likeness (QED) is 0.729. The summed E-state index contributed by atoms with van der Waals surface area (Å²) < 4.78 is 25.6. The molecule has 13 heavy (non-hydrogen) atoms. The van der Waals surface area contributed by atoms with Crippen LogP contribution in [0.3, 0.4) is 0 Å². The minimum atomic E-state index is -2.39. The van der Waals surface area contributed by atoms with Crippen molar-refractivity contribution in [1.29, 1.82) is 0 Å². The highest BCUT2D eigenvalue weighted by Crippen LogP contribution is 2.39. The van der Waals surface area contributed by atoms with Crippen molar-refractivity contribution in [2.24, 2.45) is 17.6 Å². The van der Waals surface area contributed by atoms with Crippen LogP contribution in [-0.2, 0) is 0 Å². The van der Waals surface area contributed by atoms with Gasteiger partial charge in [0.05, 0.1) is 0 Å². The number of hydrogen-bond acceptors (Lipinski definition) is 1. The van der Waals surface area contributed by atoms with Crippen LogP contribution in [0.5, 0.6) is 0 Å². The van der Waals surface area contributed by atoms with Gasteiger partial charge in [-0.2, -0.15) is 0 Å². The van der Waals surface area contributed by atoms with E-state index in [0.29, 0.717) is 31.2 Å². The van der Waals surface area contributed by atoms with Crippen LogP contribution in [0.2, 0.25) is 0 Å². The number of alkyl halides is 2. The first-order valence-corrected chi connectivity index (χ1v) is 5.13. The van der Waals surface area contributed by atoms with Crippen LogP contribution in [-0.4, -0.2) is 12.5 Å². The maximum Gasteiger partial charge on any atom is 0.248 e. The molecule has 1 atom stereocenters. The lowest BCUT2D eigenvalue weighted by atomic mass is 9.78. The molecule has 0 aliphatic heterocycles. The summed E-state index contributed by atoms with van der Waals surface area (Å²) in [5, 5.41) is 0. The summed E-state index contributed by atoms with van der Waals surface area (Å²) in [6.07, 6.45) is 2.47. The van der Waals surface area contributed by atoms with Crippen LogP contribution in [0.1, 0.15) is 39.0 Å². The predicted octanol–water partition coefficient (Wildman–Crippen LogP) is 2.80. The van der Waals surface area contributed by atoms with Crippen LogP contribution >= 0.6 is 0 Å². The van der Waals surface area contributed by atoms with Crippen molar-refractivity contribution < 1.29 is 8.78 Å². The van der Waals surface area contributed by atoms with Gasteiger partial charge < -0.3 is 5.73 Å². The van der Waals surface area contributed by atoms with Gasteiger partial charge in [-0.05, 0) is 37.6 Å². The normalized spacial score (nSPS) is 25.8. The van der Waals surface area contributed by atoms with E-state index in [9.17, 15) is 8.78 Å². The third kappa shape index (κ3) is 3.22. The van der Waals surface area contributed by atoms with Crippen LogP contribution in [0.4, 0.5) is 8.78 Å². The van der Waals surface area contributed by atoms with E-state index in [-0.39, 0.29) is 12.8 Å². The second-order valence-corrected chi connectivity index (χ2v) is 4.25. The summed E-state index contributed by atoms with van der Waals surface area (Å²) in [5.74, 6) is -1.40. The number of rotatable bonds is 3. The van der Waals surface area contributed by atoms with E-state index in [0.717, 1.165) is 6.42 Å². The summed E-state index contributed by atoms with van der Waals surface area (Å²) in [7, 11) is 0. The van der Waals surface area contributed by atoms with Gasteiger partial charge in [0.1, 0.15) is 0 Å². The molecule has 1 aliphatic carbocycles. The summed E-state index contributed by atoms with van der Waals surface area (Å²) in [6.45, 7) is 2.80. The number of nitrogens with two attached hydrogens (primary N) is 1. The van der Waals surface area contributed by atoms with E-state index in [2.05, 4.69) is 6.92 Å². The lowest BCUT2D eigenvalue weighted by Crippen LogP contribution is -2.28. The Bertz CT molecular complexity index is 149. The first-order valence-electron chi connectivity index (χ1n) is 5.13. The van der Waals surface area contributed by atoms with Gasteiger partial charge in [-0.15, -0.1) is 0 Å². The van der Waals surface area contributed by atoms with E-state index >= 15 is 0 Å². The predicted molar refractivity (Wildman–Crippen MR) is 49.7 cm³/mol.